The Kier molecular flexibility index (Phi) is 2.33. The summed E-state index contributed by atoms with van der Waals surface area (Å²) in [7, 11) is -3.23. The number of carbonyl (C=O) groups excluding carboxylic acids is 1. The number of hydrogen-bond donors (Lipinski definition) is 3. The second kappa shape index (κ2) is 3.70. The molecule has 10 heteroatoms. The van der Waals surface area contributed by atoms with Gasteiger partial charge in [0.1, 0.15) is 5.69 Å². The predicted octanol–water partition coefficient (Wildman–Crippen LogP) is -2.24. The first-order valence-electron chi connectivity index (χ1n) is 5.49. The van der Waals surface area contributed by atoms with Crippen LogP contribution in [0.2, 0.25) is 0 Å². The van der Waals surface area contributed by atoms with Gasteiger partial charge in [0.2, 0.25) is 0 Å². The molecule has 3 rings (SSSR count). The van der Waals surface area contributed by atoms with Crippen LogP contribution in [-0.2, 0) is 9.84 Å². The molecule has 2 fully saturated rings. The van der Waals surface area contributed by atoms with E-state index in [-0.39, 0.29) is 17.2 Å². The van der Waals surface area contributed by atoms with Gasteiger partial charge in [0.05, 0.1) is 23.6 Å². The largest absolute Gasteiger partial charge is 0.332 e. The summed E-state index contributed by atoms with van der Waals surface area (Å²) < 4.78 is 23.1. The number of nitrogens with one attached hydrogen (secondary N) is 3. The molecule has 2 amide bonds. The maximum atomic E-state index is 11.8. The lowest BCUT2D eigenvalue weighted by Crippen LogP contribution is -2.41. The summed E-state index contributed by atoms with van der Waals surface area (Å²) in [5.74, 6) is -0.337. The quantitative estimate of drug-likeness (QED) is 0.502. The Morgan fingerprint density at radius 2 is 1.95 bits per heavy atom. The minimum absolute atomic E-state index is 0.0679. The van der Waals surface area contributed by atoms with Crippen LogP contribution in [0, 0.1) is 0 Å². The van der Waals surface area contributed by atoms with Crippen molar-refractivity contribution < 1.29 is 13.2 Å². The first-order chi connectivity index (χ1) is 8.87. The van der Waals surface area contributed by atoms with Crippen LogP contribution in [0.4, 0.5) is 10.5 Å². The number of urea groups is 1. The number of sulfone groups is 1. The van der Waals surface area contributed by atoms with Crippen LogP contribution in [0.25, 0.3) is 0 Å². The molecule has 1 aromatic heterocycles. The first-order valence-corrected chi connectivity index (χ1v) is 7.32. The van der Waals surface area contributed by atoms with E-state index in [4.69, 9.17) is 0 Å². The molecule has 0 radical (unpaired) electrons. The molecular formula is C9H10N4O5S. The van der Waals surface area contributed by atoms with Crippen LogP contribution >= 0.6 is 0 Å². The van der Waals surface area contributed by atoms with E-state index in [2.05, 4.69) is 10.3 Å². The van der Waals surface area contributed by atoms with Gasteiger partial charge in [-0.2, -0.15) is 0 Å². The smallest absolute Gasteiger partial charge is 0.325 e. The maximum absolute atomic E-state index is 11.8. The van der Waals surface area contributed by atoms with E-state index >= 15 is 0 Å². The molecule has 3 heterocycles. The molecule has 3 N–H and O–H groups in total. The van der Waals surface area contributed by atoms with E-state index in [1.54, 1.807) is 0 Å². The zero-order valence-electron chi connectivity index (χ0n) is 9.54. The van der Waals surface area contributed by atoms with Crippen molar-refractivity contribution in [3.8, 4) is 0 Å². The minimum atomic E-state index is -3.23. The standard InChI is InChI=1S/C9H10N4O5S/c14-7-5(1-10-8(15)12-7)13-6-3-19(17,18)2-4(6)11-9(13)16/h1,4,6H,2-3H2,(H,11,16)(H2,10,12,14,15)/t4-,6+/m1/s1. The molecule has 102 valence electrons. The number of H-pyrrole nitrogens is 2. The Hall–Kier alpha value is -2.10. The molecule has 2 aliphatic rings. The van der Waals surface area contributed by atoms with Gasteiger partial charge in [-0.05, 0) is 0 Å². The van der Waals surface area contributed by atoms with Crippen molar-refractivity contribution in [2.75, 3.05) is 16.4 Å². The predicted molar refractivity (Wildman–Crippen MR) is 64.9 cm³/mol. The molecule has 9 nitrogen and oxygen atoms in total. The molecule has 0 aliphatic carbocycles. The number of nitrogens with zero attached hydrogens (tertiary/aromatic N) is 1. The number of aromatic nitrogens is 2. The number of hydrogen-bond acceptors (Lipinski definition) is 5. The molecule has 1 aromatic rings. The molecule has 0 unspecified atom stereocenters. The fraction of sp³-hybridized carbons (Fsp3) is 0.444. The van der Waals surface area contributed by atoms with Crippen molar-refractivity contribution in [3.63, 3.8) is 0 Å². The van der Waals surface area contributed by atoms with Crippen molar-refractivity contribution in [1.82, 2.24) is 15.3 Å². The molecule has 19 heavy (non-hydrogen) atoms. The van der Waals surface area contributed by atoms with Crippen molar-refractivity contribution >= 4 is 21.6 Å². The highest BCUT2D eigenvalue weighted by molar-refractivity contribution is 7.91. The van der Waals surface area contributed by atoms with Crippen molar-refractivity contribution in [1.29, 1.82) is 0 Å². The first kappa shape index (κ1) is 12.0. The zero-order chi connectivity index (χ0) is 13.8. The summed E-state index contributed by atoms with van der Waals surface area (Å²) in [5.41, 5.74) is -1.49. The number of rotatable bonds is 1. The van der Waals surface area contributed by atoms with Gasteiger partial charge >= 0.3 is 11.7 Å². The Morgan fingerprint density at radius 1 is 1.21 bits per heavy atom. The Labute approximate surface area is 106 Å². The summed E-state index contributed by atoms with van der Waals surface area (Å²) in [6.45, 7) is 0. The summed E-state index contributed by atoms with van der Waals surface area (Å²) in [6.07, 6.45) is 1.11. The maximum Gasteiger partial charge on any atom is 0.325 e. The van der Waals surface area contributed by atoms with Crippen LogP contribution < -0.4 is 21.5 Å². The SMILES string of the molecule is O=C1N[C@@H]2CS(=O)(=O)C[C@@H]2N1c1c[nH]c(=O)[nH]c1=O. The van der Waals surface area contributed by atoms with Gasteiger partial charge in [0, 0.05) is 6.20 Å². The van der Waals surface area contributed by atoms with E-state index in [0.717, 1.165) is 11.1 Å². The Balaban J connectivity index is 2.07. The summed E-state index contributed by atoms with van der Waals surface area (Å²) in [4.78, 5) is 39.8. The van der Waals surface area contributed by atoms with Gasteiger partial charge in [-0.25, -0.2) is 18.0 Å². The average Bonchev–Trinajstić information content (AvgIpc) is 2.70. The van der Waals surface area contributed by atoms with Crippen LogP contribution in [0.15, 0.2) is 15.8 Å². The Morgan fingerprint density at radius 3 is 2.63 bits per heavy atom. The lowest BCUT2D eigenvalue weighted by atomic mass is 10.2. The van der Waals surface area contributed by atoms with E-state index in [0.29, 0.717) is 0 Å². The van der Waals surface area contributed by atoms with E-state index in [9.17, 15) is 22.8 Å². The minimum Gasteiger partial charge on any atom is -0.332 e. The van der Waals surface area contributed by atoms with Crippen LogP contribution in [0.3, 0.4) is 0 Å². The molecule has 2 atom stereocenters. The highest BCUT2D eigenvalue weighted by atomic mass is 32.2. The van der Waals surface area contributed by atoms with Crippen molar-refractivity contribution in [2.24, 2.45) is 0 Å². The number of anilines is 1. The van der Waals surface area contributed by atoms with Gasteiger partial charge in [-0.3, -0.25) is 14.7 Å². The van der Waals surface area contributed by atoms with E-state index in [1.807, 2.05) is 4.98 Å². The topological polar surface area (TPSA) is 132 Å². The second-order valence-corrected chi connectivity index (χ2v) is 6.68. The normalized spacial score (nSPS) is 28.2. The van der Waals surface area contributed by atoms with Gasteiger partial charge < -0.3 is 10.3 Å². The number of fused-ring (bicyclic) bond motifs is 1. The molecule has 0 aromatic carbocycles. The van der Waals surface area contributed by atoms with Crippen LogP contribution in [-0.4, -0.2) is 48.0 Å². The second-order valence-electron chi connectivity index (χ2n) is 4.53. The molecule has 0 saturated carbocycles. The summed E-state index contributed by atoms with van der Waals surface area (Å²) in [5, 5.41) is 2.52. The fourth-order valence-corrected chi connectivity index (χ4v) is 4.36. The number of carbonyl (C=O) groups is 1. The van der Waals surface area contributed by atoms with Crippen LogP contribution in [0.5, 0.6) is 0 Å². The lowest BCUT2D eigenvalue weighted by molar-refractivity contribution is 0.251. The highest BCUT2D eigenvalue weighted by Gasteiger charge is 2.49. The van der Waals surface area contributed by atoms with Gasteiger partial charge in [-0.15, -0.1) is 0 Å². The third-order valence-electron chi connectivity index (χ3n) is 3.24. The average molecular weight is 286 g/mol. The third kappa shape index (κ3) is 1.84. The van der Waals surface area contributed by atoms with Gasteiger partial charge in [-0.1, -0.05) is 0 Å². The molecule has 2 saturated heterocycles. The van der Waals surface area contributed by atoms with Gasteiger partial charge in [0.15, 0.2) is 9.84 Å². The molecule has 2 aliphatic heterocycles. The van der Waals surface area contributed by atoms with E-state index in [1.165, 1.54) is 0 Å². The van der Waals surface area contributed by atoms with Crippen molar-refractivity contribution in [2.45, 2.75) is 12.1 Å². The van der Waals surface area contributed by atoms with Gasteiger partial charge in [0.25, 0.3) is 5.56 Å². The fourth-order valence-electron chi connectivity index (χ4n) is 2.47. The highest BCUT2D eigenvalue weighted by Crippen LogP contribution is 2.26. The summed E-state index contributed by atoms with van der Waals surface area (Å²) in [6, 6.07) is -1.68. The Bertz CT molecular complexity index is 763. The molecule has 0 spiro atoms. The molecule has 0 bridgehead atoms. The van der Waals surface area contributed by atoms with E-state index < -0.39 is 39.2 Å². The zero-order valence-corrected chi connectivity index (χ0v) is 10.4. The van der Waals surface area contributed by atoms with Crippen LogP contribution in [0.1, 0.15) is 0 Å². The molecular weight excluding hydrogens is 276 g/mol. The third-order valence-corrected chi connectivity index (χ3v) is 4.96. The van der Waals surface area contributed by atoms with Crippen molar-refractivity contribution in [3.05, 3.63) is 27.0 Å². The lowest BCUT2D eigenvalue weighted by Gasteiger charge is -2.19. The number of aromatic amines is 2. The monoisotopic (exact) mass is 286 g/mol. The number of amides is 2. The summed E-state index contributed by atoms with van der Waals surface area (Å²) >= 11 is 0.